The number of hydrogen-bond donors (Lipinski definition) is 6. The number of amides is 2. The molecule has 0 saturated heterocycles. The summed E-state index contributed by atoms with van der Waals surface area (Å²) in [6.07, 6.45) is 0. The number of nitrogens with two attached hydrogens (primary N) is 2. The largest absolute Gasteiger partial charge is 0.397 e. The molecule has 0 bridgehead atoms. The van der Waals surface area contributed by atoms with E-state index < -0.39 is 50.3 Å². The molecule has 0 aromatic heterocycles. The van der Waals surface area contributed by atoms with E-state index in [2.05, 4.69) is 0 Å². The van der Waals surface area contributed by atoms with Gasteiger partial charge in [0.1, 0.15) is 0 Å². The van der Waals surface area contributed by atoms with Crippen molar-refractivity contribution >= 4 is 85.3 Å². The molecule has 0 fully saturated rings. The predicted octanol–water partition coefficient (Wildman–Crippen LogP) is -0.670. The summed E-state index contributed by atoms with van der Waals surface area (Å²) in [5.74, 6) is -1.46. The van der Waals surface area contributed by atoms with E-state index in [-0.39, 0.29) is 20.4 Å². The van der Waals surface area contributed by atoms with Gasteiger partial charge < -0.3 is 36.8 Å². The lowest BCUT2D eigenvalue weighted by molar-refractivity contribution is 0.00527. The first-order valence-electron chi connectivity index (χ1n) is 7.19. The zero-order chi connectivity index (χ0) is 20.2. The Kier molecular flexibility index (Phi) is 9.71. The first-order valence-corrected chi connectivity index (χ1v) is 10.4. The normalized spacial score (nSPS) is 11.3. The van der Waals surface area contributed by atoms with Crippen molar-refractivity contribution < 1.29 is 30.0 Å². The maximum Gasteiger partial charge on any atom is 0.256 e. The summed E-state index contributed by atoms with van der Waals surface area (Å²) in [5, 5.41) is 38.0. The van der Waals surface area contributed by atoms with Crippen molar-refractivity contribution in [2.45, 2.75) is 12.1 Å². The van der Waals surface area contributed by atoms with Crippen molar-refractivity contribution in [1.29, 1.82) is 0 Å². The smallest absolute Gasteiger partial charge is 0.256 e. The number of carbonyl (C=O) groups excluding carboxylic acids is 2. The second kappa shape index (κ2) is 10.5. The molecule has 0 aliphatic heterocycles. The number of anilines is 1. The third-order valence-corrected chi connectivity index (χ3v) is 7.00. The Labute approximate surface area is 190 Å². The highest BCUT2D eigenvalue weighted by atomic mass is 127. The van der Waals surface area contributed by atoms with E-state index in [0.29, 0.717) is 7.14 Å². The minimum absolute atomic E-state index is 0.0525. The molecular formula is C14H18I3N3O6. The first kappa shape index (κ1) is 24.0. The van der Waals surface area contributed by atoms with Gasteiger partial charge in [-0.1, -0.05) is 0 Å². The topological polar surface area (TPSA) is 170 Å². The van der Waals surface area contributed by atoms with Crippen LogP contribution in [0.3, 0.4) is 0 Å². The summed E-state index contributed by atoms with van der Waals surface area (Å²) >= 11 is 5.52. The van der Waals surface area contributed by atoms with E-state index in [0.717, 1.165) is 4.90 Å². The quantitative estimate of drug-likeness (QED) is 0.154. The van der Waals surface area contributed by atoms with E-state index in [9.17, 15) is 30.0 Å². The van der Waals surface area contributed by atoms with Gasteiger partial charge in [-0.25, -0.2) is 0 Å². The number of nitrogens with zero attached hydrogens (tertiary/aromatic N) is 1. The van der Waals surface area contributed by atoms with E-state index in [1.807, 2.05) is 45.2 Å². The molecule has 1 rings (SSSR count). The maximum absolute atomic E-state index is 13.2. The number of aliphatic hydroxyl groups is 4. The van der Waals surface area contributed by atoms with Crippen molar-refractivity contribution in [3.63, 3.8) is 0 Å². The maximum atomic E-state index is 13.2. The third-order valence-electron chi connectivity index (χ3n) is 3.68. The van der Waals surface area contributed by atoms with Gasteiger partial charge in [0.2, 0.25) is 0 Å². The van der Waals surface area contributed by atoms with Crippen LogP contribution in [0.25, 0.3) is 0 Å². The van der Waals surface area contributed by atoms with Gasteiger partial charge in [-0.05, 0) is 67.8 Å². The van der Waals surface area contributed by atoms with Crippen LogP contribution in [0, 0.1) is 10.7 Å². The lowest BCUT2D eigenvalue weighted by Crippen LogP contribution is -2.53. The lowest BCUT2D eigenvalue weighted by Gasteiger charge is -2.35. The Balaban J connectivity index is 3.70. The molecule has 26 heavy (non-hydrogen) atoms. The van der Waals surface area contributed by atoms with E-state index in [1.54, 1.807) is 22.6 Å². The summed E-state index contributed by atoms with van der Waals surface area (Å²) in [4.78, 5) is 26.0. The number of nitrogen functional groups attached to an aromatic ring is 1. The zero-order valence-electron chi connectivity index (χ0n) is 13.3. The van der Waals surface area contributed by atoms with Crippen molar-refractivity contribution in [1.82, 2.24) is 4.90 Å². The number of rotatable bonds is 8. The molecule has 0 heterocycles. The van der Waals surface area contributed by atoms with E-state index >= 15 is 0 Å². The van der Waals surface area contributed by atoms with Gasteiger partial charge in [0.05, 0.1) is 62.5 Å². The second-order valence-corrected chi connectivity index (χ2v) is 8.46. The van der Waals surface area contributed by atoms with Gasteiger partial charge in [0.15, 0.2) is 0 Å². The molecule has 9 nitrogen and oxygen atoms in total. The van der Waals surface area contributed by atoms with Crippen LogP contribution >= 0.6 is 67.8 Å². The molecule has 0 spiro atoms. The molecule has 0 aliphatic carbocycles. The van der Waals surface area contributed by atoms with Gasteiger partial charge in [-0.3, -0.25) is 9.59 Å². The first-order chi connectivity index (χ1) is 12.2. The molecule has 0 aliphatic rings. The van der Waals surface area contributed by atoms with Crippen LogP contribution in [0.4, 0.5) is 5.69 Å². The molecular weight excluding hydrogens is 687 g/mol. The van der Waals surface area contributed by atoms with E-state index in [4.69, 9.17) is 11.5 Å². The Morgan fingerprint density at radius 1 is 0.846 bits per heavy atom. The van der Waals surface area contributed by atoms with Gasteiger partial charge in [0.25, 0.3) is 11.8 Å². The summed E-state index contributed by atoms with van der Waals surface area (Å²) in [7, 11) is 0. The van der Waals surface area contributed by atoms with Crippen LogP contribution in [0.5, 0.6) is 0 Å². The molecule has 1 aromatic rings. The molecule has 0 unspecified atom stereocenters. The highest BCUT2D eigenvalue weighted by molar-refractivity contribution is 14.1. The SMILES string of the molecule is NC(=O)c1c(I)c(N)c(I)c(C(=O)N(C(CO)CO)C(CO)CO)c1I. The van der Waals surface area contributed by atoms with Crippen LogP contribution < -0.4 is 11.5 Å². The monoisotopic (exact) mass is 705 g/mol. The lowest BCUT2D eigenvalue weighted by atomic mass is 10.0. The van der Waals surface area contributed by atoms with Crippen LogP contribution in [0.15, 0.2) is 0 Å². The fourth-order valence-corrected chi connectivity index (χ4v) is 6.47. The molecule has 2 amide bonds. The number of hydrogen-bond acceptors (Lipinski definition) is 7. The molecule has 0 atom stereocenters. The van der Waals surface area contributed by atoms with Gasteiger partial charge in [-0.2, -0.15) is 0 Å². The minimum Gasteiger partial charge on any atom is -0.397 e. The van der Waals surface area contributed by atoms with Crippen molar-refractivity contribution in [3.8, 4) is 0 Å². The van der Waals surface area contributed by atoms with Gasteiger partial charge in [0, 0.05) is 3.57 Å². The summed E-state index contributed by atoms with van der Waals surface area (Å²) < 4.78 is 1.03. The number of halogens is 3. The average molecular weight is 705 g/mol. The number of aliphatic hydroxyl groups excluding tert-OH is 4. The van der Waals surface area contributed by atoms with Crippen LogP contribution in [-0.4, -0.2) is 75.7 Å². The number of carbonyl (C=O) groups is 2. The zero-order valence-corrected chi connectivity index (χ0v) is 19.8. The summed E-state index contributed by atoms with van der Waals surface area (Å²) in [6.45, 7) is -2.36. The number of benzene rings is 1. The Morgan fingerprint density at radius 3 is 1.58 bits per heavy atom. The summed E-state index contributed by atoms with van der Waals surface area (Å²) in [6, 6.07) is -2.12. The molecule has 146 valence electrons. The Bertz CT molecular complexity index is 683. The summed E-state index contributed by atoms with van der Waals surface area (Å²) in [5.41, 5.74) is 11.8. The Hall–Kier alpha value is -0.0100. The fourth-order valence-electron chi connectivity index (χ4n) is 2.31. The minimum atomic E-state index is -1.06. The van der Waals surface area contributed by atoms with Gasteiger partial charge >= 0.3 is 0 Å². The molecule has 8 N–H and O–H groups in total. The number of primary amides is 1. The highest BCUT2D eigenvalue weighted by Crippen LogP contribution is 2.34. The third kappa shape index (κ3) is 4.69. The standard InChI is InChI=1S/C14H18I3N3O6/c15-9-7(13(19)25)10(16)12(18)11(17)8(9)14(26)20(5(1-21)2-22)6(3-23)4-24/h5-6,21-24H,1-4,18H2,(H2,19,25). The molecule has 1 aromatic carbocycles. The average Bonchev–Trinajstić information content (AvgIpc) is 2.60. The van der Waals surface area contributed by atoms with Crippen LogP contribution in [0.2, 0.25) is 0 Å². The molecule has 0 radical (unpaired) electrons. The fraction of sp³-hybridized carbons (Fsp3) is 0.429. The van der Waals surface area contributed by atoms with E-state index in [1.165, 1.54) is 0 Å². The highest BCUT2D eigenvalue weighted by Gasteiger charge is 2.35. The second-order valence-electron chi connectivity index (χ2n) is 5.22. The molecule has 12 heteroatoms. The van der Waals surface area contributed by atoms with Crippen molar-refractivity contribution in [3.05, 3.63) is 21.8 Å². The van der Waals surface area contributed by atoms with Crippen molar-refractivity contribution in [2.75, 3.05) is 32.2 Å². The molecule has 0 saturated carbocycles. The van der Waals surface area contributed by atoms with Crippen LogP contribution in [0.1, 0.15) is 20.7 Å². The Morgan fingerprint density at radius 2 is 1.23 bits per heavy atom. The van der Waals surface area contributed by atoms with Gasteiger partial charge in [-0.15, -0.1) is 0 Å². The van der Waals surface area contributed by atoms with Crippen molar-refractivity contribution in [2.24, 2.45) is 5.73 Å². The predicted molar refractivity (Wildman–Crippen MR) is 120 cm³/mol. The van der Waals surface area contributed by atoms with Crippen LogP contribution in [-0.2, 0) is 0 Å².